The zero-order chi connectivity index (χ0) is 20.7. The highest BCUT2D eigenvalue weighted by atomic mass is 32.2. The highest BCUT2D eigenvalue weighted by molar-refractivity contribution is 7.89. The van der Waals surface area contributed by atoms with Crippen molar-refractivity contribution in [3.63, 3.8) is 0 Å². The Morgan fingerprint density at radius 3 is 1.68 bits per heavy atom. The van der Waals surface area contributed by atoms with Crippen LogP contribution in [-0.4, -0.2) is 8.42 Å². The molecule has 28 heavy (non-hydrogen) atoms. The SMILES string of the molecule is CCCCCCCCCCCCCCCCc1cc(NN)ccc1S(N)(=O)=O. The number of hydrazine groups is 1. The van der Waals surface area contributed by atoms with E-state index >= 15 is 0 Å². The van der Waals surface area contributed by atoms with E-state index in [4.69, 9.17) is 11.0 Å². The van der Waals surface area contributed by atoms with Crippen LogP contribution >= 0.6 is 0 Å². The molecule has 162 valence electrons. The number of rotatable bonds is 17. The summed E-state index contributed by atoms with van der Waals surface area (Å²) in [5.41, 5.74) is 4.01. The monoisotopic (exact) mass is 411 g/mol. The molecule has 5 N–H and O–H groups in total. The Hall–Kier alpha value is -1.11. The van der Waals surface area contributed by atoms with Crippen LogP contribution in [-0.2, 0) is 16.4 Å². The van der Waals surface area contributed by atoms with E-state index in [1.165, 1.54) is 83.1 Å². The lowest BCUT2D eigenvalue weighted by atomic mass is 10.0. The Balaban J connectivity index is 2.10. The number of sulfonamides is 1. The third kappa shape index (κ3) is 11.0. The lowest BCUT2D eigenvalue weighted by molar-refractivity contribution is 0.535. The second-order valence-electron chi connectivity index (χ2n) is 7.86. The van der Waals surface area contributed by atoms with E-state index in [0.29, 0.717) is 12.1 Å². The van der Waals surface area contributed by atoms with Crippen molar-refractivity contribution < 1.29 is 8.42 Å². The maximum absolute atomic E-state index is 11.7. The van der Waals surface area contributed by atoms with Gasteiger partial charge in [0.2, 0.25) is 10.0 Å². The predicted molar refractivity (Wildman–Crippen MR) is 120 cm³/mol. The zero-order valence-electron chi connectivity index (χ0n) is 17.7. The summed E-state index contributed by atoms with van der Waals surface area (Å²) in [5.74, 6) is 5.43. The van der Waals surface area contributed by atoms with Gasteiger partial charge in [-0.2, -0.15) is 0 Å². The average Bonchev–Trinajstić information content (AvgIpc) is 2.67. The molecular weight excluding hydrogens is 370 g/mol. The molecule has 0 saturated heterocycles. The molecule has 0 aliphatic rings. The van der Waals surface area contributed by atoms with Crippen LogP contribution in [0.1, 0.15) is 102 Å². The molecule has 0 aliphatic carbocycles. The first-order valence-corrected chi connectivity index (χ1v) is 12.7. The minimum Gasteiger partial charge on any atom is -0.324 e. The highest BCUT2D eigenvalue weighted by Gasteiger charge is 2.14. The summed E-state index contributed by atoms with van der Waals surface area (Å²) in [5, 5.41) is 5.32. The fourth-order valence-electron chi connectivity index (χ4n) is 3.65. The van der Waals surface area contributed by atoms with Gasteiger partial charge in [0.05, 0.1) is 4.90 Å². The molecule has 1 aromatic rings. The molecule has 1 rings (SSSR count). The Labute approximate surface area is 172 Å². The fourth-order valence-corrected chi connectivity index (χ4v) is 4.44. The molecule has 0 aliphatic heterocycles. The standard InChI is InChI=1S/C22H41N3O2S/c1-2-3-4-5-6-7-8-9-10-11-12-13-14-15-16-20-19-21(25-23)17-18-22(20)28(24,26)27/h17-19,25H,2-16,23H2,1H3,(H2,24,26,27). The number of unbranched alkanes of at least 4 members (excludes halogenated alkanes) is 13. The third-order valence-corrected chi connectivity index (χ3v) is 6.34. The van der Waals surface area contributed by atoms with Crippen LogP contribution < -0.4 is 16.4 Å². The van der Waals surface area contributed by atoms with E-state index in [1.54, 1.807) is 12.1 Å². The molecule has 0 atom stereocenters. The molecule has 0 spiro atoms. The van der Waals surface area contributed by atoms with Crippen molar-refractivity contribution in [3.05, 3.63) is 23.8 Å². The third-order valence-electron chi connectivity index (χ3n) is 5.33. The second-order valence-corrected chi connectivity index (χ2v) is 9.39. The number of anilines is 1. The van der Waals surface area contributed by atoms with Crippen LogP contribution in [0, 0.1) is 0 Å². The van der Waals surface area contributed by atoms with Gasteiger partial charge in [-0.15, -0.1) is 0 Å². The van der Waals surface area contributed by atoms with Crippen molar-refractivity contribution in [1.29, 1.82) is 0 Å². The molecule has 5 nitrogen and oxygen atoms in total. The normalized spacial score (nSPS) is 11.7. The van der Waals surface area contributed by atoms with Crippen LogP contribution in [0.25, 0.3) is 0 Å². The lowest BCUT2D eigenvalue weighted by Crippen LogP contribution is -2.15. The molecule has 0 fully saturated rings. The van der Waals surface area contributed by atoms with Gasteiger partial charge in [0.15, 0.2) is 0 Å². The average molecular weight is 412 g/mol. The van der Waals surface area contributed by atoms with Crippen LogP contribution in [0.3, 0.4) is 0 Å². The first-order chi connectivity index (χ1) is 13.5. The van der Waals surface area contributed by atoms with Crippen molar-refractivity contribution in [3.8, 4) is 0 Å². The van der Waals surface area contributed by atoms with Gasteiger partial charge in [0.25, 0.3) is 0 Å². The molecule has 1 aromatic carbocycles. The number of primary sulfonamides is 1. The lowest BCUT2D eigenvalue weighted by Gasteiger charge is -2.10. The van der Waals surface area contributed by atoms with Crippen LogP contribution in [0.4, 0.5) is 5.69 Å². The van der Waals surface area contributed by atoms with E-state index in [1.807, 2.05) is 0 Å². The molecule has 0 heterocycles. The Morgan fingerprint density at radius 1 is 0.786 bits per heavy atom. The predicted octanol–water partition coefficient (Wildman–Crippen LogP) is 5.64. The largest absolute Gasteiger partial charge is 0.324 e. The summed E-state index contributed by atoms with van der Waals surface area (Å²) in [6, 6.07) is 4.94. The van der Waals surface area contributed by atoms with Gasteiger partial charge in [-0.05, 0) is 36.6 Å². The zero-order valence-corrected chi connectivity index (χ0v) is 18.5. The topological polar surface area (TPSA) is 98.2 Å². The Morgan fingerprint density at radius 2 is 1.25 bits per heavy atom. The number of aryl methyl sites for hydroxylation is 1. The molecule has 0 aromatic heterocycles. The summed E-state index contributed by atoms with van der Waals surface area (Å²) < 4.78 is 23.5. The van der Waals surface area contributed by atoms with E-state index < -0.39 is 10.0 Å². The highest BCUT2D eigenvalue weighted by Crippen LogP contribution is 2.21. The number of hydrogen-bond acceptors (Lipinski definition) is 4. The van der Waals surface area contributed by atoms with Gasteiger partial charge in [0, 0.05) is 5.69 Å². The van der Waals surface area contributed by atoms with E-state index in [2.05, 4.69) is 12.3 Å². The molecule has 0 radical (unpaired) electrons. The van der Waals surface area contributed by atoms with Crippen LogP contribution in [0.15, 0.2) is 23.1 Å². The summed E-state index contributed by atoms with van der Waals surface area (Å²) in [7, 11) is -3.70. The summed E-state index contributed by atoms with van der Waals surface area (Å²) in [6.07, 6.45) is 19.0. The number of nitrogen functional groups attached to an aromatic ring is 1. The van der Waals surface area contributed by atoms with Crippen molar-refractivity contribution in [2.45, 2.75) is 108 Å². The summed E-state index contributed by atoms with van der Waals surface area (Å²) >= 11 is 0. The number of nitrogens with two attached hydrogens (primary N) is 2. The molecule has 0 amide bonds. The Bertz CT molecular complexity index is 633. The minimum atomic E-state index is -3.70. The van der Waals surface area contributed by atoms with E-state index in [0.717, 1.165) is 18.4 Å². The number of benzene rings is 1. The number of nitrogens with one attached hydrogen (secondary N) is 1. The molecule has 0 unspecified atom stereocenters. The molecular formula is C22H41N3O2S. The van der Waals surface area contributed by atoms with Gasteiger partial charge >= 0.3 is 0 Å². The van der Waals surface area contributed by atoms with E-state index in [-0.39, 0.29) is 4.90 Å². The van der Waals surface area contributed by atoms with Crippen molar-refractivity contribution >= 4 is 15.7 Å². The van der Waals surface area contributed by atoms with Crippen molar-refractivity contribution in [2.24, 2.45) is 11.0 Å². The van der Waals surface area contributed by atoms with E-state index in [9.17, 15) is 8.42 Å². The minimum absolute atomic E-state index is 0.209. The van der Waals surface area contributed by atoms with Gasteiger partial charge in [0.1, 0.15) is 0 Å². The number of hydrogen-bond donors (Lipinski definition) is 3. The van der Waals surface area contributed by atoms with Crippen molar-refractivity contribution in [1.82, 2.24) is 0 Å². The van der Waals surface area contributed by atoms with Crippen LogP contribution in [0.2, 0.25) is 0 Å². The maximum Gasteiger partial charge on any atom is 0.238 e. The molecule has 6 heteroatoms. The summed E-state index contributed by atoms with van der Waals surface area (Å²) in [4.78, 5) is 0.209. The van der Waals surface area contributed by atoms with Gasteiger partial charge in [-0.25, -0.2) is 13.6 Å². The van der Waals surface area contributed by atoms with Crippen molar-refractivity contribution in [2.75, 3.05) is 5.43 Å². The molecule has 0 bridgehead atoms. The molecule has 0 saturated carbocycles. The van der Waals surface area contributed by atoms with Crippen LogP contribution in [0.5, 0.6) is 0 Å². The summed E-state index contributed by atoms with van der Waals surface area (Å²) in [6.45, 7) is 2.26. The van der Waals surface area contributed by atoms with Gasteiger partial charge in [-0.1, -0.05) is 90.4 Å². The van der Waals surface area contributed by atoms with Gasteiger partial charge in [-0.3, -0.25) is 5.84 Å². The maximum atomic E-state index is 11.7. The first kappa shape index (κ1) is 24.9. The van der Waals surface area contributed by atoms with Gasteiger partial charge < -0.3 is 5.43 Å². The quantitative estimate of drug-likeness (QED) is 0.175. The smallest absolute Gasteiger partial charge is 0.238 e. The Kier molecular flexibility index (Phi) is 13.2. The second kappa shape index (κ2) is 14.8. The fraction of sp³-hybridized carbons (Fsp3) is 0.727. The first-order valence-electron chi connectivity index (χ1n) is 11.1.